The molecule has 0 aliphatic heterocycles. The predicted octanol–water partition coefficient (Wildman–Crippen LogP) is 2.64. The molecular formula is C14H18N4OS. The molecule has 0 atom stereocenters. The quantitative estimate of drug-likeness (QED) is 0.488. The summed E-state index contributed by atoms with van der Waals surface area (Å²) in [4.78, 5) is 9.89. The number of nitrogens with one attached hydrogen (secondary N) is 2. The molecule has 0 radical (unpaired) electrons. The Labute approximate surface area is 122 Å². The van der Waals surface area contributed by atoms with Crippen molar-refractivity contribution in [3.8, 4) is 10.8 Å². The summed E-state index contributed by atoms with van der Waals surface area (Å²) >= 11 is 1.61. The molecule has 0 aliphatic carbocycles. The van der Waals surface area contributed by atoms with Gasteiger partial charge < -0.3 is 15.1 Å². The van der Waals surface area contributed by atoms with Crippen LogP contribution in [0.5, 0.6) is 0 Å². The van der Waals surface area contributed by atoms with E-state index in [0.29, 0.717) is 19.0 Å². The maximum absolute atomic E-state index is 5.46. The Morgan fingerprint density at radius 1 is 1.55 bits per heavy atom. The second kappa shape index (κ2) is 7.49. The highest BCUT2D eigenvalue weighted by Gasteiger charge is 2.07. The summed E-state index contributed by atoms with van der Waals surface area (Å²) in [6.07, 6.45) is 3.44. The highest BCUT2D eigenvalue weighted by molar-refractivity contribution is 7.13. The van der Waals surface area contributed by atoms with Crippen molar-refractivity contribution >= 4 is 17.3 Å². The zero-order valence-electron chi connectivity index (χ0n) is 11.4. The second-order valence-corrected chi connectivity index (χ2v) is 4.93. The smallest absolute Gasteiger partial charge is 0.236 e. The van der Waals surface area contributed by atoms with Gasteiger partial charge in [-0.2, -0.15) is 0 Å². The van der Waals surface area contributed by atoms with Crippen LogP contribution in [0, 0.1) is 0 Å². The van der Waals surface area contributed by atoms with Gasteiger partial charge in [-0.1, -0.05) is 12.1 Å². The van der Waals surface area contributed by atoms with Crippen LogP contribution in [-0.4, -0.2) is 24.0 Å². The standard InChI is InChI=1S/C14H18N4OS/c1-3-7-16-14(15-4-2)17-9-11-10-19-13(18-11)12-6-5-8-20-12/h3,5-6,8,10H,1,4,7,9H2,2H3,(H2,15,16,17). The number of hydrogen-bond donors (Lipinski definition) is 2. The van der Waals surface area contributed by atoms with Gasteiger partial charge in [-0.25, -0.2) is 9.98 Å². The minimum absolute atomic E-state index is 0.474. The molecule has 20 heavy (non-hydrogen) atoms. The van der Waals surface area contributed by atoms with E-state index in [1.54, 1.807) is 23.7 Å². The summed E-state index contributed by atoms with van der Waals surface area (Å²) in [5.74, 6) is 1.39. The lowest BCUT2D eigenvalue weighted by atomic mass is 10.4. The van der Waals surface area contributed by atoms with Crippen LogP contribution in [0.3, 0.4) is 0 Å². The second-order valence-electron chi connectivity index (χ2n) is 3.99. The SMILES string of the molecule is C=CCNC(=NCc1coc(-c2cccs2)n1)NCC. The maximum atomic E-state index is 5.46. The van der Waals surface area contributed by atoms with Gasteiger partial charge in [0, 0.05) is 13.1 Å². The van der Waals surface area contributed by atoms with Crippen molar-refractivity contribution in [1.82, 2.24) is 15.6 Å². The van der Waals surface area contributed by atoms with Crippen LogP contribution >= 0.6 is 11.3 Å². The van der Waals surface area contributed by atoms with Gasteiger partial charge in [0.15, 0.2) is 5.96 Å². The number of aliphatic imine (C=N–C) groups is 1. The molecule has 2 aromatic heterocycles. The largest absolute Gasteiger partial charge is 0.443 e. The molecule has 2 heterocycles. The molecule has 2 N–H and O–H groups in total. The molecule has 2 aromatic rings. The Morgan fingerprint density at radius 3 is 3.15 bits per heavy atom. The molecule has 106 valence electrons. The molecule has 0 bridgehead atoms. The summed E-state index contributed by atoms with van der Waals surface area (Å²) < 4.78 is 5.46. The minimum Gasteiger partial charge on any atom is -0.443 e. The topological polar surface area (TPSA) is 62.5 Å². The van der Waals surface area contributed by atoms with Crippen molar-refractivity contribution in [2.45, 2.75) is 13.5 Å². The van der Waals surface area contributed by atoms with Crippen LogP contribution in [0.25, 0.3) is 10.8 Å². The first kappa shape index (κ1) is 14.3. The first-order valence-electron chi connectivity index (χ1n) is 6.44. The third-order valence-corrected chi connectivity index (χ3v) is 3.30. The molecule has 0 aromatic carbocycles. The van der Waals surface area contributed by atoms with Gasteiger partial charge in [0.1, 0.15) is 12.0 Å². The lowest BCUT2D eigenvalue weighted by molar-refractivity contribution is 0.574. The van der Waals surface area contributed by atoms with Crippen LogP contribution in [-0.2, 0) is 6.54 Å². The highest BCUT2D eigenvalue weighted by Crippen LogP contribution is 2.23. The molecule has 6 heteroatoms. The zero-order valence-corrected chi connectivity index (χ0v) is 12.2. The minimum atomic E-state index is 0.474. The van der Waals surface area contributed by atoms with E-state index in [2.05, 4.69) is 27.2 Å². The Bertz CT molecular complexity index is 560. The van der Waals surface area contributed by atoms with Crippen LogP contribution in [0.15, 0.2) is 45.8 Å². The number of hydrogen-bond acceptors (Lipinski definition) is 4. The van der Waals surface area contributed by atoms with Crippen molar-refractivity contribution in [1.29, 1.82) is 0 Å². The highest BCUT2D eigenvalue weighted by atomic mass is 32.1. The van der Waals surface area contributed by atoms with Crippen molar-refractivity contribution in [2.24, 2.45) is 4.99 Å². The van der Waals surface area contributed by atoms with Crippen LogP contribution < -0.4 is 10.6 Å². The molecule has 5 nitrogen and oxygen atoms in total. The average molecular weight is 290 g/mol. The number of aromatic nitrogens is 1. The number of guanidine groups is 1. The van der Waals surface area contributed by atoms with Gasteiger partial charge in [0.25, 0.3) is 0 Å². The summed E-state index contributed by atoms with van der Waals surface area (Å²) in [6.45, 7) is 7.65. The first-order chi connectivity index (χ1) is 9.83. The Morgan fingerprint density at radius 2 is 2.45 bits per heavy atom. The van der Waals surface area contributed by atoms with Gasteiger partial charge in [-0.05, 0) is 18.4 Å². The maximum Gasteiger partial charge on any atom is 0.236 e. The van der Waals surface area contributed by atoms with Gasteiger partial charge in [0.2, 0.25) is 5.89 Å². The third kappa shape index (κ3) is 3.96. The molecule has 2 rings (SSSR count). The van der Waals surface area contributed by atoms with Crippen LogP contribution in [0.4, 0.5) is 0 Å². The van der Waals surface area contributed by atoms with Crippen molar-refractivity contribution in [2.75, 3.05) is 13.1 Å². The van der Waals surface area contributed by atoms with E-state index in [9.17, 15) is 0 Å². The summed E-state index contributed by atoms with van der Waals surface area (Å²) in [6, 6.07) is 3.96. The van der Waals surface area contributed by atoms with Crippen molar-refractivity contribution < 1.29 is 4.42 Å². The lowest BCUT2D eigenvalue weighted by Gasteiger charge is -2.08. The van der Waals surface area contributed by atoms with E-state index in [1.807, 2.05) is 24.4 Å². The van der Waals surface area contributed by atoms with E-state index in [0.717, 1.165) is 23.1 Å². The molecule has 0 amide bonds. The molecule has 0 saturated carbocycles. The normalized spacial score (nSPS) is 11.3. The predicted molar refractivity (Wildman–Crippen MR) is 82.8 cm³/mol. The van der Waals surface area contributed by atoms with E-state index in [4.69, 9.17) is 4.42 Å². The van der Waals surface area contributed by atoms with Gasteiger partial charge in [-0.15, -0.1) is 17.9 Å². The van der Waals surface area contributed by atoms with Crippen LogP contribution in [0.2, 0.25) is 0 Å². The van der Waals surface area contributed by atoms with E-state index < -0.39 is 0 Å². The Balaban J connectivity index is 1.99. The molecule has 0 fully saturated rings. The molecule has 0 aliphatic rings. The first-order valence-corrected chi connectivity index (χ1v) is 7.32. The number of rotatable bonds is 6. The number of thiophene rings is 1. The molecule has 0 spiro atoms. The van der Waals surface area contributed by atoms with Crippen molar-refractivity contribution in [3.05, 3.63) is 42.1 Å². The van der Waals surface area contributed by atoms with Crippen molar-refractivity contribution in [3.63, 3.8) is 0 Å². The third-order valence-electron chi connectivity index (χ3n) is 2.44. The van der Waals surface area contributed by atoms with E-state index >= 15 is 0 Å². The Kier molecular flexibility index (Phi) is 5.37. The Hall–Kier alpha value is -2.08. The summed E-state index contributed by atoms with van der Waals surface area (Å²) in [7, 11) is 0. The average Bonchev–Trinajstić information content (AvgIpc) is 3.12. The lowest BCUT2D eigenvalue weighted by Crippen LogP contribution is -2.37. The van der Waals surface area contributed by atoms with E-state index in [-0.39, 0.29) is 0 Å². The summed E-state index contributed by atoms with van der Waals surface area (Å²) in [5, 5.41) is 8.30. The van der Waals surface area contributed by atoms with Crippen LogP contribution in [0.1, 0.15) is 12.6 Å². The van der Waals surface area contributed by atoms with Gasteiger partial charge in [-0.3, -0.25) is 0 Å². The van der Waals surface area contributed by atoms with Gasteiger partial charge in [0.05, 0.1) is 11.4 Å². The van der Waals surface area contributed by atoms with Gasteiger partial charge >= 0.3 is 0 Å². The monoisotopic (exact) mass is 290 g/mol. The fourth-order valence-corrected chi connectivity index (χ4v) is 2.22. The van der Waals surface area contributed by atoms with E-state index in [1.165, 1.54) is 0 Å². The molecular weight excluding hydrogens is 272 g/mol. The summed E-state index contributed by atoms with van der Waals surface area (Å²) in [5.41, 5.74) is 0.809. The fraction of sp³-hybridized carbons (Fsp3) is 0.286. The number of nitrogens with zero attached hydrogens (tertiary/aromatic N) is 2. The fourth-order valence-electron chi connectivity index (χ4n) is 1.56. The number of oxazole rings is 1. The molecule has 0 saturated heterocycles. The molecule has 0 unspecified atom stereocenters. The zero-order chi connectivity index (χ0) is 14.2.